The minimum Gasteiger partial charge on any atom is -0.456 e. The molecule has 10 rings (SSSR count). The van der Waals surface area contributed by atoms with Crippen molar-refractivity contribution in [2.45, 2.75) is 6.92 Å². The van der Waals surface area contributed by atoms with Crippen LogP contribution in [0.15, 0.2) is 145 Å². The van der Waals surface area contributed by atoms with Gasteiger partial charge in [0, 0.05) is 54.9 Å². The smallest absolute Gasteiger partial charge is 0.237 e. The monoisotopic (exact) mass is 655 g/mol. The molecule has 0 aliphatic rings. The summed E-state index contributed by atoms with van der Waals surface area (Å²) < 4.78 is 8.36. The number of hydrogen-bond acceptors (Lipinski definition) is 5. The van der Waals surface area contributed by atoms with E-state index in [4.69, 9.17) is 24.4 Å². The van der Waals surface area contributed by atoms with E-state index in [0.717, 1.165) is 98.6 Å². The average Bonchev–Trinajstić information content (AvgIpc) is 3.72. The highest BCUT2D eigenvalue weighted by Crippen LogP contribution is 2.39. The lowest BCUT2D eigenvalue weighted by Gasteiger charge is -2.12. The number of pyridine rings is 2. The van der Waals surface area contributed by atoms with Crippen LogP contribution < -0.4 is 10.6 Å². The third-order valence-electron chi connectivity index (χ3n) is 9.78. The van der Waals surface area contributed by atoms with Crippen molar-refractivity contribution in [2.75, 3.05) is 0 Å². The Morgan fingerprint density at radius 3 is 2.24 bits per heavy atom. The second kappa shape index (κ2) is 11.3. The van der Waals surface area contributed by atoms with Gasteiger partial charge in [-0.2, -0.15) is 0 Å². The number of para-hydroxylation sites is 1. The third-order valence-corrected chi connectivity index (χ3v) is 9.78. The van der Waals surface area contributed by atoms with Crippen LogP contribution in [0.3, 0.4) is 0 Å². The summed E-state index contributed by atoms with van der Waals surface area (Å²) in [5.74, 6) is 0.578. The summed E-state index contributed by atoms with van der Waals surface area (Å²) in [6.07, 6.45) is 7.60. The highest BCUT2D eigenvalue weighted by Gasteiger charge is 2.20. The number of allylic oxidation sites excluding steroid dienone is 1. The molecule has 6 heteroatoms. The number of benzene rings is 5. The molecule has 0 amide bonds. The molecule has 51 heavy (non-hydrogen) atoms. The molecule has 0 aliphatic heterocycles. The Hall–Kier alpha value is -6.92. The second-order valence-electron chi connectivity index (χ2n) is 12.6. The maximum absolute atomic E-state index is 6.28. The summed E-state index contributed by atoms with van der Waals surface area (Å²) in [5.41, 5.74) is 9.04. The van der Waals surface area contributed by atoms with E-state index in [1.807, 2.05) is 67.7 Å². The SMILES string of the molecule is C=C/C=c1/oc2ccc3nc(-c4ccc5c(c4)c4cccnc4n5-c4nc(-c5ccccc5)c5ccccc5n4)c4ccccc4c3c2/c1=C/C. The van der Waals surface area contributed by atoms with Gasteiger partial charge in [-0.15, -0.1) is 0 Å². The number of rotatable bonds is 4. The number of hydrogen-bond donors (Lipinski definition) is 0. The van der Waals surface area contributed by atoms with Gasteiger partial charge in [0.25, 0.3) is 0 Å². The van der Waals surface area contributed by atoms with E-state index in [2.05, 4.69) is 90.0 Å². The second-order valence-corrected chi connectivity index (χ2v) is 12.6. The quantitative estimate of drug-likeness (QED) is 0.177. The largest absolute Gasteiger partial charge is 0.456 e. The minimum atomic E-state index is 0.578. The maximum Gasteiger partial charge on any atom is 0.237 e. The lowest BCUT2D eigenvalue weighted by atomic mass is 9.97. The van der Waals surface area contributed by atoms with Gasteiger partial charge >= 0.3 is 0 Å². The van der Waals surface area contributed by atoms with Crippen LogP contribution in [0.2, 0.25) is 0 Å². The van der Waals surface area contributed by atoms with Crippen molar-refractivity contribution in [3.05, 3.63) is 151 Å². The molecule has 0 radical (unpaired) electrons. The molecular formula is C45H29N5O. The van der Waals surface area contributed by atoms with Crippen molar-refractivity contribution in [1.82, 2.24) is 24.5 Å². The van der Waals surface area contributed by atoms with E-state index in [-0.39, 0.29) is 0 Å². The number of nitrogens with zero attached hydrogens (tertiary/aromatic N) is 5. The first-order valence-electron chi connectivity index (χ1n) is 17.0. The Kier molecular flexibility index (Phi) is 6.45. The lowest BCUT2D eigenvalue weighted by Crippen LogP contribution is -2.19. The average molecular weight is 656 g/mol. The molecule has 0 bridgehead atoms. The van der Waals surface area contributed by atoms with Crippen molar-refractivity contribution in [2.24, 2.45) is 0 Å². The Bertz CT molecular complexity index is 3170. The van der Waals surface area contributed by atoms with Gasteiger partial charge < -0.3 is 4.42 Å². The van der Waals surface area contributed by atoms with E-state index in [9.17, 15) is 0 Å². The lowest BCUT2D eigenvalue weighted by molar-refractivity contribution is 0.576. The molecular weight excluding hydrogens is 627 g/mol. The van der Waals surface area contributed by atoms with Gasteiger partial charge in [-0.25, -0.2) is 19.9 Å². The van der Waals surface area contributed by atoms with Crippen molar-refractivity contribution < 1.29 is 4.42 Å². The molecule has 5 aromatic heterocycles. The summed E-state index contributed by atoms with van der Waals surface area (Å²) >= 11 is 0. The van der Waals surface area contributed by atoms with Crippen LogP contribution in [0.4, 0.5) is 0 Å². The topological polar surface area (TPSA) is 69.6 Å². The molecule has 6 nitrogen and oxygen atoms in total. The summed E-state index contributed by atoms with van der Waals surface area (Å²) in [7, 11) is 0. The van der Waals surface area contributed by atoms with Crippen LogP contribution in [0, 0.1) is 0 Å². The third kappa shape index (κ3) is 4.36. The molecule has 0 fully saturated rings. The molecule has 0 unspecified atom stereocenters. The first-order chi connectivity index (χ1) is 25.2. The minimum absolute atomic E-state index is 0.578. The Balaban J connectivity index is 1.24. The summed E-state index contributed by atoms with van der Waals surface area (Å²) in [4.78, 5) is 20.5. The van der Waals surface area contributed by atoms with Crippen molar-refractivity contribution in [3.63, 3.8) is 0 Å². The first kappa shape index (κ1) is 29.0. The standard InChI is InChI=1S/C45H29N5O/c1-3-13-38-29(4-2)41-39(51-38)24-22-36-40(41)30-16-8-9-17-31(30)43(47-36)28-21-23-37-34(26-28)32-19-12-25-46-44(32)50(37)45-48-35-20-11-10-18-33(35)42(49-45)27-14-6-5-7-15-27/h3-26H,1H2,2H3/b29-4+,38-13+. The molecule has 0 N–H and O–H groups in total. The number of furan rings is 1. The van der Waals surface area contributed by atoms with Gasteiger partial charge in [0.1, 0.15) is 16.6 Å². The molecule has 240 valence electrons. The van der Waals surface area contributed by atoms with Gasteiger partial charge in [0.15, 0.2) is 0 Å². The fraction of sp³-hybridized carbons (Fsp3) is 0.0222. The number of fused-ring (bicyclic) bond motifs is 9. The molecule has 0 saturated heterocycles. The van der Waals surface area contributed by atoms with Gasteiger partial charge in [0.05, 0.1) is 27.9 Å². The zero-order valence-electron chi connectivity index (χ0n) is 27.7. The van der Waals surface area contributed by atoms with Crippen molar-refractivity contribution in [1.29, 1.82) is 0 Å². The van der Waals surface area contributed by atoms with Gasteiger partial charge in [-0.1, -0.05) is 97.6 Å². The number of aromatic nitrogens is 5. The predicted molar refractivity (Wildman–Crippen MR) is 209 cm³/mol. The molecule has 5 heterocycles. The van der Waals surface area contributed by atoms with Crippen LogP contribution in [0.5, 0.6) is 0 Å². The highest BCUT2D eigenvalue weighted by atomic mass is 16.3. The van der Waals surface area contributed by atoms with E-state index < -0.39 is 0 Å². The fourth-order valence-electron chi connectivity index (χ4n) is 7.59. The summed E-state index contributed by atoms with van der Waals surface area (Å²) in [6, 6.07) is 41.7. The fourth-order valence-corrected chi connectivity index (χ4v) is 7.59. The predicted octanol–water partition coefficient (Wildman–Crippen LogP) is 9.67. The summed E-state index contributed by atoms with van der Waals surface area (Å²) in [6.45, 7) is 5.93. The zero-order chi connectivity index (χ0) is 34.1. The first-order valence-corrected chi connectivity index (χ1v) is 17.0. The maximum atomic E-state index is 6.28. The van der Waals surface area contributed by atoms with Crippen LogP contribution >= 0.6 is 0 Å². The Labute approximate surface area is 292 Å². The van der Waals surface area contributed by atoms with E-state index in [1.54, 1.807) is 6.08 Å². The van der Waals surface area contributed by atoms with Crippen LogP contribution in [-0.2, 0) is 0 Å². The van der Waals surface area contributed by atoms with E-state index >= 15 is 0 Å². The normalized spacial score (nSPS) is 12.7. The van der Waals surface area contributed by atoms with Crippen molar-refractivity contribution >= 4 is 77.6 Å². The van der Waals surface area contributed by atoms with Gasteiger partial charge in [0.2, 0.25) is 5.95 Å². The molecule has 0 atom stereocenters. The molecule has 5 aromatic carbocycles. The van der Waals surface area contributed by atoms with E-state index in [1.165, 1.54) is 0 Å². The van der Waals surface area contributed by atoms with Crippen molar-refractivity contribution in [3.8, 4) is 28.5 Å². The Morgan fingerprint density at radius 2 is 1.39 bits per heavy atom. The molecule has 0 saturated carbocycles. The van der Waals surface area contributed by atoms with Crippen LogP contribution in [0.1, 0.15) is 6.92 Å². The van der Waals surface area contributed by atoms with Gasteiger partial charge in [-0.05, 0) is 60.9 Å². The zero-order valence-corrected chi connectivity index (χ0v) is 27.7. The molecule has 0 spiro atoms. The molecule has 10 aromatic rings. The van der Waals surface area contributed by atoms with E-state index in [0.29, 0.717) is 5.95 Å². The van der Waals surface area contributed by atoms with Crippen LogP contribution in [-0.4, -0.2) is 24.5 Å². The molecule has 0 aliphatic carbocycles. The Morgan fingerprint density at radius 1 is 0.627 bits per heavy atom. The highest BCUT2D eigenvalue weighted by molar-refractivity contribution is 6.21. The van der Waals surface area contributed by atoms with Gasteiger partial charge in [-0.3, -0.25) is 4.57 Å². The summed E-state index contributed by atoms with van der Waals surface area (Å²) in [5, 5.41) is 8.46. The van der Waals surface area contributed by atoms with Crippen LogP contribution in [0.25, 0.3) is 106 Å².